The fraction of sp³-hybridized carbons (Fsp3) is 0.857. The summed E-state index contributed by atoms with van der Waals surface area (Å²) in [5, 5.41) is 3.04. The highest BCUT2D eigenvalue weighted by molar-refractivity contribution is 5.90. The van der Waals surface area contributed by atoms with Gasteiger partial charge in [-0.1, -0.05) is 0 Å². The minimum atomic E-state index is -0.318. The number of carbonyl (C=O) groups excluding carboxylic acids is 2. The smallest absolute Gasteiger partial charge is 0.245 e. The molecule has 0 aromatic carbocycles. The molecule has 0 aromatic heterocycles. The summed E-state index contributed by atoms with van der Waals surface area (Å²) in [5.74, 6) is 0.191. The summed E-state index contributed by atoms with van der Waals surface area (Å²) >= 11 is 0. The van der Waals surface area contributed by atoms with Gasteiger partial charge in [-0.25, -0.2) is 0 Å². The summed E-state index contributed by atoms with van der Waals surface area (Å²) < 4.78 is 0. The second kappa shape index (κ2) is 6.37. The maximum absolute atomic E-state index is 12.4. The molecule has 5 nitrogen and oxygen atoms in total. The van der Waals surface area contributed by atoms with Crippen LogP contribution < -0.4 is 5.32 Å². The molecule has 0 bridgehead atoms. The van der Waals surface area contributed by atoms with Crippen molar-refractivity contribution in [1.82, 2.24) is 15.1 Å². The van der Waals surface area contributed by atoms with E-state index in [1.807, 2.05) is 18.9 Å². The summed E-state index contributed by atoms with van der Waals surface area (Å²) in [6.07, 6.45) is 5.23. The summed E-state index contributed by atoms with van der Waals surface area (Å²) in [6.45, 7) is 4.27. The van der Waals surface area contributed by atoms with Crippen LogP contribution in [0, 0.1) is 0 Å². The van der Waals surface area contributed by atoms with E-state index in [2.05, 4.69) is 5.32 Å². The van der Waals surface area contributed by atoms with Gasteiger partial charge in [0.15, 0.2) is 0 Å². The van der Waals surface area contributed by atoms with Crippen molar-refractivity contribution in [2.75, 3.05) is 26.7 Å². The number of amides is 2. The van der Waals surface area contributed by atoms with Gasteiger partial charge in [0.1, 0.15) is 6.04 Å². The number of rotatable bonds is 3. The van der Waals surface area contributed by atoms with Crippen LogP contribution in [-0.2, 0) is 9.59 Å². The molecule has 2 atom stereocenters. The maximum Gasteiger partial charge on any atom is 0.245 e. The van der Waals surface area contributed by atoms with E-state index in [0.29, 0.717) is 6.54 Å². The van der Waals surface area contributed by atoms with Gasteiger partial charge in [-0.15, -0.1) is 0 Å². The van der Waals surface area contributed by atoms with Crippen LogP contribution in [-0.4, -0.2) is 60.4 Å². The van der Waals surface area contributed by atoms with E-state index in [0.717, 1.165) is 38.8 Å². The molecule has 2 heterocycles. The van der Waals surface area contributed by atoms with Gasteiger partial charge in [-0.05, 0) is 46.1 Å². The van der Waals surface area contributed by atoms with Gasteiger partial charge in [-0.3, -0.25) is 9.59 Å². The Hall–Kier alpha value is -1.10. The van der Waals surface area contributed by atoms with E-state index in [1.165, 1.54) is 6.42 Å². The monoisotopic (exact) mass is 267 g/mol. The number of piperidine rings is 2. The molecule has 2 amide bonds. The molecular weight excluding hydrogens is 242 g/mol. The Kier molecular flexibility index (Phi) is 4.80. The number of hydrogen-bond donors (Lipinski definition) is 1. The van der Waals surface area contributed by atoms with Gasteiger partial charge >= 0.3 is 0 Å². The summed E-state index contributed by atoms with van der Waals surface area (Å²) in [6, 6.07) is -0.438. The van der Waals surface area contributed by atoms with Crippen molar-refractivity contribution in [3.8, 4) is 0 Å². The zero-order chi connectivity index (χ0) is 13.8. The lowest BCUT2D eigenvalue weighted by molar-refractivity contribution is -0.148. The Bertz CT molecular complexity index is 340. The first-order valence-electron chi connectivity index (χ1n) is 7.41. The molecule has 0 radical (unpaired) electrons. The molecule has 2 aliphatic rings. The van der Waals surface area contributed by atoms with Crippen molar-refractivity contribution in [2.45, 2.75) is 51.1 Å². The van der Waals surface area contributed by atoms with E-state index < -0.39 is 0 Å². The van der Waals surface area contributed by atoms with E-state index >= 15 is 0 Å². The normalized spacial score (nSPS) is 26.4. The van der Waals surface area contributed by atoms with Crippen LogP contribution in [0.25, 0.3) is 0 Å². The number of hydrogen-bond acceptors (Lipinski definition) is 3. The first kappa shape index (κ1) is 14.3. The van der Waals surface area contributed by atoms with E-state index in [1.54, 1.807) is 4.90 Å². The second-order valence-electron chi connectivity index (χ2n) is 5.58. The standard InChI is InChI=1S/C14H25N3O2/c1-11(13(18)16-8-4-3-5-9-16)17-10-6-7-12(15-2)14(17)19/h11-12,15H,3-10H2,1-2H3. The van der Waals surface area contributed by atoms with Crippen LogP contribution in [0.5, 0.6) is 0 Å². The topological polar surface area (TPSA) is 52.7 Å². The van der Waals surface area contributed by atoms with Gasteiger partial charge in [-0.2, -0.15) is 0 Å². The maximum atomic E-state index is 12.4. The Balaban J connectivity index is 1.99. The molecule has 5 heteroatoms. The molecule has 2 aliphatic heterocycles. The summed E-state index contributed by atoms with van der Waals surface area (Å²) in [4.78, 5) is 28.4. The Labute approximate surface area is 115 Å². The third-order valence-electron chi connectivity index (χ3n) is 4.31. The molecule has 2 fully saturated rings. The quantitative estimate of drug-likeness (QED) is 0.814. The third kappa shape index (κ3) is 3.08. The van der Waals surface area contributed by atoms with Crippen LogP contribution in [0.4, 0.5) is 0 Å². The number of likely N-dealkylation sites (N-methyl/N-ethyl adjacent to an activating group) is 1. The lowest BCUT2D eigenvalue weighted by atomic mass is 10.0. The van der Waals surface area contributed by atoms with Crippen molar-refractivity contribution < 1.29 is 9.59 Å². The molecule has 2 unspecified atom stereocenters. The first-order valence-corrected chi connectivity index (χ1v) is 7.41. The minimum absolute atomic E-state index is 0.0756. The fourth-order valence-electron chi connectivity index (χ4n) is 3.06. The average Bonchev–Trinajstić information content (AvgIpc) is 2.47. The molecule has 0 spiro atoms. The number of nitrogens with zero attached hydrogens (tertiary/aromatic N) is 2. The molecule has 0 aliphatic carbocycles. The highest BCUT2D eigenvalue weighted by Gasteiger charge is 2.35. The molecule has 0 saturated carbocycles. The van der Waals surface area contributed by atoms with Crippen LogP contribution in [0.3, 0.4) is 0 Å². The highest BCUT2D eigenvalue weighted by Crippen LogP contribution is 2.17. The molecule has 108 valence electrons. The Morgan fingerprint density at radius 2 is 1.89 bits per heavy atom. The average molecular weight is 267 g/mol. The van der Waals surface area contributed by atoms with Gasteiger partial charge in [0.25, 0.3) is 0 Å². The number of carbonyl (C=O) groups is 2. The first-order chi connectivity index (χ1) is 9.15. The Morgan fingerprint density at radius 3 is 2.53 bits per heavy atom. The van der Waals surface area contributed by atoms with Gasteiger partial charge in [0.2, 0.25) is 11.8 Å². The van der Waals surface area contributed by atoms with Crippen LogP contribution in [0.1, 0.15) is 39.0 Å². The Morgan fingerprint density at radius 1 is 1.21 bits per heavy atom. The predicted molar refractivity (Wildman–Crippen MR) is 73.7 cm³/mol. The van der Waals surface area contributed by atoms with Crippen molar-refractivity contribution in [3.05, 3.63) is 0 Å². The number of likely N-dealkylation sites (tertiary alicyclic amines) is 2. The van der Waals surface area contributed by atoms with Crippen molar-refractivity contribution in [1.29, 1.82) is 0 Å². The minimum Gasteiger partial charge on any atom is -0.341 e. The second-order valence-corrected chi connectivity index (χ2v) is 5.58. The van der Waals surface area contributed by atoms with Crippen LogP contribution >= 0.6 is 0 Å². The summed E-state index contributed by atoms with van der Waals surface area (Å²) in [7, 11) is 1.81. The predicted octanol–water partition coefficient (Wildman–Crippen LogP) is 0.598. The zero-order valence-corrected chi connectivity index (χ0v) is 12.0. The molecular formula is C14H25N3O2. The largest absolute Gasteiger partial charge is 0.341 e. The summed E-state index contributed by atoms with van der Waals surface area (Å²) in [5.41, 5.74) is 0. The van der Waals surface area contributed by atoms with E-state index in [9.17, 15) is 9.59 Å². The lowest BCUT2D eigenvalue weighted by Gasteiger charge is -2.38. The van der Waals surface area contributed by atoms with Crippen molar-refractivity contribution >= 4 is 11.8 Å². The lowest BCUT2D eigenvalue weighted by Crippen LogP contribution is -2.57. The third-order valence-corrected chi connectivity index (χ3v) is 4.31. The number of nitrogens with one attached hydrogen (secondary N) is 1. The van der Waals surface area contributed by atoms with Gasteiger partial charge in [0.05, 0.1) is 6.04 Å². The van der Waals surface area contributed by atoms with Crippen LogP contribution in [0.15, 0.2) is 0 Å². The molecule has 2 saturated heterocycles. The molecule has 2 rings (SSSR count). The van der Waals surface area contributed by atoms with Gasteiger partial charge < -0.3 is 15.1 Å². The van der Waals surface area contributed by atoms with Gasteiger partial charge in [0, 0.05) is 19.6 Å². The molecule has 1 N–H and O–H groups in total. The molecule has 19 heavy (non-hydrogen) atoms. The molecule has 0 aromatic rings. The van der Waals surface area contributed by atoms with Crippen LogP contribution in [0.2, 0.25) is 0 Å². The highest BCUT2D eigenvalue weighted by atomic mass is 16.2. The zero-order valence-electron chi connectivity index (χ0n) is 12.0. The van der Waals surface area contributed by atoms with E-state index in [-0.39, 0.29) is 23.9 Å². The van der Waals surface area contributed by atoms with E-state index in [4.69, 9.17) is 0 Å². The van der Waals surface area contributed by atoms with Crippen molar-refractivity contribution in [2.24, 2.45) is 0 Å². The SMILES string of the molecule is CNC1CCCN(C(C)C(=O)N2CCCCC2)C1=O. The fourth-order valence-corrected chi connectivity index (χ4v) is 3.06. The van der Waals surface area contributed by atoms with Crippen molar-refractivity contribution in [3.63, 3.8) is 0 Å².